The van der Waals surface area contributed by atoms with Gasteiger partial charge in [-0.1, -0.05) is 74.5 Å². The topological polar surface area (TPSA) is 8.17 Å². The molecule has 0 atom stereocenters. The van der Waals surface area contributed by atoms with Crippen LogP contribution in [0.1, 0.15) is 37.8 Å². The number of hydrogen-bond donors (Lipinski definition) is 0. The fourth-order valence-electron chi connectivity index (χ4n) is 7.45. The van der Waals surface area contributed by atoms with Gasteiger partial charge in [-0.25, -0.2) is 0 Å². The summed E-state index contributed by atoms with van der Waals surface area (Å²) in [6.07, 6.45) is 2.11. The van der Waals surface area contributed by atoms with E-state index in [1.54, 1.807) is 11.3 Å². The number of hydrogen-bond acceptors (Lipinski definition) is 3. The molecule has 0 aliphatic heterocycles. The molecule has 2 nitrogen and oxygen atoms in total. The van der Waals surface area contributed by atoms with E-state index in [-0.39, 0.29) is 5.41 Å². The maximum atomic E-state index is 2.49. The minimum atomic E-state index is -0.0381. The Kier molecular flexibility index (Phi) is 7.28. The van der Waals surface area contributed by atoms with Gasteiger partial charge in [0.05, 0.1) is 21.1 Å². The van der Waals surface area contributed by atoms with Crippen LogP contribution < -0.4 is 4.90 Å². The van der Waals surface area contributed by atoms with Gasteiger partial charge in [0, 0.05) is 34.4 Å². The van der Waals surface area contributed by atoms with Crippen molar-refractivity contribution in [2.45, 2.75) is 32.1 Å². The van der Waals surface area contributed by atoms with Gasteiger partial charge in [-0.3, -0.25) is 0 Å². The molecule has 0 N–H and O–H groups in total. The Hall–Kier alpha value is -4.64. The predicted molar refractivity (Wildman–Crippen MR) is 199 cm³/mol. The number of anilines is 3. The molecular weight excluding hydrogens is 597 g/mol. The summed E-state index contributed by atoms with van der Waals surface area (Å²) in [5, 5.41) is 2.15. The Balaban J connectivity index is 1.19. The Morgan fingerprint density at radius 1 is 0.565 bits per heavy atom. The summed E-state index contributed by atoms with van der Waals surface area (Å²) in [7, 11) is 2.18. The molecule has 0 saturated carbocycles. The molecule has 4 heteroatoms. The average molecular weight is 633 g/mol. The summed E-state index contributed by atoms with van der Waals surface area (Å²) in [5.41, 5.74) is 13.0. The van der Waals surface area contributed by atoms with Crippen molar-refractivity contribution in [2.75, 3.05) is 4.90 Å². The molecule has 3 aromatic heterocycles. The maximum absolute atomic E-state index is 2.49. The minimum absolute atomic E-state index is 0.0381. The van der Waals surface area contributed by atoms with E-state index in [1.165, 1.54) is 70.9 Å². The van der Waals surface area contributed by atoms with E-state index in [0.717, 1.165) is 12.8 Å². The number of thiophene rings is 2. The van der Waals surface area contributed by atoms with Gasteiger partial charge in [-0.2, -0.15) is 0 Å². The monoisotopic (exact) mass is 632 g/mol. The maximum Gasteiger partial charge on any atom is 0.0584 e. The van der Waals surface area contributed by atoms with Crippen LogP contribution in [0.5, 0.6) is 0 Å². The zero-order valence-electron chi connectivity index (χ0n) is 26.4. The third kappa shape index (κ3) is 4.59. The summed E-state index contributed by atoms with van der Waals surface area (Å²) in [6.45, 7) is 4.72. The van der Waals surface area contributed by atoms with Crippen molar-refractivity contribution in [1.82, 2.24) is 4.57 Å². The van der Waals surface area contributed by atoms with Crippen LogP contribution in [-0.4, -0.2) is 4.57 Å². The second kappa shape index (κ2) is 11.6. The van der Waals surface area contributed by atoms with Crippen molar-refractivity contribution in [3.8, 4) is 42.7 Å². The van der Waals surface area contributed by atoms with Crippen LogP contribution in [-0.2, 0) is 12.5 Å². The number of benzene rings is 4. The fraction of sp³-hybridized carbons (Fsp3) is 0.143. The lowest BCUT2D eigenvalue weighted by Crippen LogP contribution is -2.23. The zero-order chi connectivity index (χ0) is 31.3. The van der Waals surface area contributed by atoms with Crippen LogP contribution in [0.4, 0.5) is 17.1 Å². The molecule has 7 aromatic rings. The summed E-state index contributed by atoms with van der Waals surface area (Å²) in [6, 6.07) is 49.2. The van der Waals surface area contributed by atoms with Crippen LogP contribution in [0.2, 0.25) is 0 Å². The summed E-state index contributed by atoms with van der Waals surface area (Å²) in [4.78, 5) is 6.30. The highest BCUT2D eigenvalue weighted by Crippen LogP contribution is 2.55. The largest absolute Gasteiger partial charge is 0.342 e. The molecule has 8 rings (SSSR count). The molecule has 0 unspecified atom stereocenters. The molecule has 1 aliphatic carbocycles. The first-order valence-electron chi connectivity index (χ1n) is 16.1. The Morgan fingerprint density at radius 2 is 1.17 bits per heavy atom. The first-order chi connectivity index (χ1) is 22.6. The zero-order valence-corrected chi connectivity index (χ0v) is 28.0. The van der Waals surface area contributed by atoms with Crippen LogP contribution in [0.15, 0.2) is 139 Å². The SMILES string of the molecule is CCC1(CC)c2cc(-c3ccc(-c4ccc(-c5cccs5)n4C)s3)ccc2-c2ccc(N(c3ccccc3)c3ccccc3)cc21. The van der Waals surface area contributed by atoms with Gasteiger partial charge in [-0.15, -0.1) is 22.7 Å². The molecule has 0 radical (unpaired) electrons. The number of rotatable bonds is 8. The highest BCUT2D eigenvalue weighted by molar-refractivity contribution is 7.18. The van der Waals surface area contributed by atoms with Gasteiger partial charge in [0.2, 0.25) is 0 Å². The third-order valence-electron chi connectivity index (χ3n) is 9.88. The Labute approximate surface area is 279 Å². The van der Waals surface area contributed by atoms with Gasteiger partial charge in [0.1, 0.15) is 0 Å². The Bertz CT molecular complexity index is 2090. The molecule has 0 spiro atoms. The number of aromatic nitrogens is 1. The summed E-state index contributed by atoms with van der Waals surface area (Å²) < 4.78 is 2.33. The van der Waals surface area contributed by atoms with E-state index in [0.29, 0.717) is 0 Å². The number of para-hydroxylation sites is 2. The molecule has 226 valence electrons. The quantitative estimate of drug-likeness (QED) is 0.162. The normalized spacial score (nSPS) is 13.0. The van der Waals surface area contributed by atoms with E-state index < -0.39 is 0 Å². The third-order valence-corrected chi connectivity index (χ3v) is 11.9. The standard InChI is InChI=1S/C42H36N2S2/c1-4-42(5-2)35-27-29(39-24-25-41(46-39)38-23-22-37(43(38)3)40-17-12-26-45-40)18-20-33(35)34-21-19-32(28-36(34)42)44(30-13-8-6-9-14-30)31-15-10-7-11-16-31/h6-28H,4-5H2,1-3H3. The van der Waals surface area contributed by atoms with Gasteiger partial charge >= 0.3 is 0 Å². The summed E-state index contributed by atoms with van der Waals surface area (Å²) >= 11 is 3.68. The van der Waals surface area contributed by atoms with Crippen molar-refractivity contribution in [2.24, 2.45) is 7.05 Å². The molecule has 0 fully saturated rings. The van der Waals surface area contributed by atoms with Gasteiger partial charge in [0.15, 0.2) is 0 Å². The summed E-state index contributed by atoms with van der Waals surface area (Å²) in [5.74, 6) is 0. The number of nitrogens with zero attached hydrogens (tertiary/aromatic N) is 2. The van der Waals surface area contributed by atoms with Crippen molar-refractivity contribution < 1.29 is 0 Å². The smallest absolute Gasteiger partial charge is 0.0584 e. The van der Waals surface area contributed by atoms with Gasteiger partial charge in [-0.05, 0) is 119 Å². The van der Waals surface area contributed by atoms with E-state index in [9.17, 15) is 0 Å². The van der Waals surface area contributed by atoms with E-state index in [1.807, 2.05) is 11.3 Å². The molecular formula is C42H36N2S2. The van der Waals surface area contributed by atoms with Crippen molar-refractivity contribution in [3.05, 3.63) is 150 Å². The molecule has 0 amide bonds. The lowest BCUT2D eigenvalue weighted by atomic mass is 9.73. The average Bonchev–Trinajstić information content (AvgIpc) is 3.92. The lowest BCUT2D eigenvalue weighted by molar-refractivity contribution is 0.490. The molecule has 1 aliphatic rings. The van der Waals surface area contributed by atoms with Crippen LogP contribution in [0.3, 0.4) is 0 Å². The first kappa shape index (κ1) is 28.8. The highest BCUT2D eigenvalue weighted by atomic mass is 32.1. The molecule has 46 heavy (non-hydrogen) atoms. The fourth-order valence-corrected chi connectivity index (χ4v) is 9.30. The lowest BCUT2D eigenvalue weighted by Gasteiger charge is -2.32. The van der Waals surface area contributed by atoms with Gasteiger partial charge in [0.25, 0.3) is 0 Å². The van der Waals surface area contributed by atoms with Crippen molar-refractivity contribution >= 4 is 39.7 Å². The van der Waals surface area contributed by atoms with Crippen LogP contribution >= 0.6 is 22.7 Å². The highest BCUT2D eigenvalue weighted by Gasteiger charge is 2.41. The van der Waals surface area contributed by atoms with Gasteiger partial charge < -0.3 is 9.47 Å². The first-order valence-corrected chi connectivity index (χ1v) is 17.8. The second-order valence-electron chi connectivity index (χ2n) is 12.1. The van der Waals surface area contributed by atoms with E-state index in [4.69, 9.17) is 0 Å². The second-order valence-corrected chi connectivity index (χ2v) is 14.1. The molecule has 0 bridgehead atoms. The predicted octanol–water partition coefficient (Wildman–Crippen LogP) is 12.7. The molecule has 4 aromatic carbocycles. The Morgan fingerprint density at radius 3 is 1.80 bits per heavy atom. The molecule has 3 heterocycles. The van der Waals surface area contributed by atoms with E-state index >= 15 is 0 Å². The van der Waals surface area contributed by atoms with Crippen molar-refractivity contribution in [1.29, 1.82) is 0 Å². The molecule has 0 saturated heterocycles. The minimum Gasteiger partial charge on any atom is -0.342 e. The van der Waals surface area contributed by atoms with Crippen LogP contribution in [0, 0.1) is 0 Å². The van der Waals surface area contributed by atoms with Crippen molar-refractivity contribution in [3.63, 3.8) is 0 Å². The number of fused-ring (bicyclic) bond motifs is 3. The van der Waals surface area contributed by atoms with Crippen LogP contribution in [0.25, 0.3) is 42.7 Å². The van der Waals surface area contributed by atoms with E-state index in [2.05, 4.69) is 169 Å².